The van der Waals surface area contributed by atoms with Gasteiger partial charge in [-0.1, -0.05) is 0 Å². The predicted octanol–water partition coefficient (Wildman–Crippen LogP) is -4.95. The molecule has 0 aliphatic carbocycles. The third-order valence-electron chi connectivity index (χ3n) is 5.30. The van der Waals surface area contributed by atoms with Gasteiger partial charge in [0.1, 0.15) is 30.7 Å². The number of ether oxygens (including phenoxy) is 2. The first-order valence-corrected chi connectivity index (χ1v) is 9.87. The van der Waals surface area contributed by atoms with Crippen LogP contribution in [0.1, 0.15) is 30.2 Å². The Balaban J connectivity index is 1.68. The molecule has 0 aromatic carbocycles. The molecule has 8 atom stereocenters. The Kier molecular flexibility index (Phi) is 7.27. The van der Waals surface area contributed by atoms with Gasteiger partial charge in [0.25, 0.3) is 11.7 Å². The SMILES string of the molecule is CC(=O)NC1C(O)CC(O)(C(=O)O)OC1CNC(=O)c1ncn(C2OC(CO)C(O)C2O)n1. The summed E-state index contributed by atoms with van der Waals surface area (Å²) in [5, 5.41) is 67.2. The van der Waals surface area contributed by atoms with Gasteiger partial charge >= 0.3 is 5.97 Å². The van der Waals surface area contributed by atoms with Gasteiger partial charge in [0, 0.05) is 19.9 Å². The highest BCUT2D eigenvalue weighted by molar-refractivity contribution is 5.90. The molecule has 1 aromatic rings. The molecule has 0 radical (unpaired) electrons. The van der Waals surface area contributed by atoms with Crippen molar-refractivity contribution in [3.63, 3.8) is 0 Å². The topological polar surface area (TPSA) is 246 Å². The Labute approximate surface area is 185 Å². The lowest BCUT2D eigenvalue weighted by molar-refractivity contribution is -0.275. The number of carboxylic acids is 1. The minimum absolute atomic E-state index is 0.395. The molecule has 16 heteroatoms. The zero-order chi connectivity index (χ0) is 24.5. The van der Waals surface area contributed by atoms with E-state index in [-0.39, 0.29) is 0 Å². The fourth-order valence-corrected chi connectivity index (χ4v) is 3.63. The summed E-state index contributed by atoms with van der Waals surface area (Å²) in [7, 11) is 0. The number of hydrogen-bond donors (Lipinski definition) is 8. The van der Waals surface area contributed by atoms with E-state index in [1.54, 1.807) is 0 Å². The second kappa shape index (κ2) is 9.64. The summed E-state index contributed by atoms with van der Waals surface area (Å²) < 4.78 is 11.4. The van der Waals surface area contributed by atoms with Crippen LogP contribution in [0.15, 0.2) is 6.33 Å². The first-order chi connectivity index (χ1) is 15.5. The normalized spacial score (nSPS) is 36.4. The molecular weight excluding hydrogens is 450 g/mol. The zero-order valence-electron chi connectivity index (χ0n) is 17.3. The van der Waals surface area contributed by atoms with Crippen LogP contribution < -0.4 is 10.6 Å². The van der Waals surface area contributed by atoms with Gasteiger partial charge in [-0.2, -0.15) is 0 Å². The van der Waals surface area contributed by atoms with Crippen LogP contribution >= 0.6 is 0 Å². The van der Waals surface area contributed by atoms with Crippen molar-refractivity contribution in [2.75, 3.05) is 13.2 Å². The first kappa shape index (κ1) is 24.9. The molecule has 1 aromatic heterocycles. The molecule has 0 spiro atoms. The Hall–Kier alpha value is -2.73. The first-order valence-electron chi connectivity index (χ1n) is 9.87. The summed E-state index contributed by atoms with van der Waals surface area (Å²) in [5.74, 6) is -6.31. The van der Waals surface area contributed by atoms with E-state index in [2.05, 4.69) is 20.7 Å². The van der Waals surface area contributed by atoms with Gasteiger partial charge in [-0.15, -0.1) is 5.10 Å². The van der Waals surface area contributed by atoms with E-state index in [0.717, 1.165) is 17.9 Å². The van der Waals surface area contributed by atoms with Crippen molar-refractivity contribution in [3.8, 4) is 0 Å². The highest BCUT2D eigenvalue weighted by Gasteiger charge is 2.51. The van der Waals surface area contributed by atoms with Gasteiger partial charge in [-0.3, -0.25) is 9.59 Å². The van der Waals surface area contributed by atoms with Crippen molar-refractivity contribution in [1.82, 2.24) is 25.4 Å². The summed E-state index contributed by atoms with van der Waals surface area (Å²) in [4.78, 5) is 39.0. The van der Waals surface area contributed by atoms with Crippen molar-refractivity contribution in [3.05, 3.63) is 12.2 Å². The van der Waals surface area contributed by atoms with Crippen molar-refractivity contribution in [2.24, 2.45) is 0 Å². The van der Waals surface area contributed by atoms with Crippen molar-refractivity contribution >= 4 is 17.8 Å². The molecular formula is C17H25N5O11. The van der Waals surface area contributed by atoms with E-state index in [0.29, 0.717) is 0 Å². The molecule has 16 nitrogen and oxygen atoms in total. The van der Waals surface area contributed by atoms with Crippen molar-refractivity contribution in [1.29, 1.82) is 0 Å². The monoisotopic (exact) mass is 475 g/mol. The van der Waals surface area contributed by atoms with Gasteiger partial charge in [0.2, 0.25) is 11.7 Å². The molecule has 2 amide bonds. The van der Waals surface area contributed by atoms with E-state index in [1.807, 2.05) is 0 Å². The predicted molar refractivity (Wildman–Crippen MR) is 101 cm³/mol. The van der Waals surface area contributed by atoms with Crippen LogP contribution in [0.5, 0.6) is 0 Å². The molecule has 2 aliphatic heterocycles. The molecule has 2 aliphatic rings. The number of carbonyl (C=O) groups is 3. The fraction of sp³-hybridized carbons (Fsp3) is 0.706. The third kappa shape index (κ3) is 5.11. The number of aromatic nitrogens is 3. The van der Waals surface area contributed by atoms with E-state index in [1.165, 1.54) is 0 Å². The molecule has 184 valence electrons. The average molecular weight is 475 g/mol. The largest absolute Gasteiger partial charge is 0.477 e. The van der Waals surface area contributed by atoms with E-state index in [9.17, 15) is 39.9 Å². The van der Waals surface area contributed by atoms with Crippen LogP contribution in [-0.4, -0.2) is 119 Å². The Morgan fingerprint density at radius 3 is 2.52 bits per heavy atom. The number of carboxylic acid groups (broad SMARTS) is 1. The molecule has 2 fully saturated rings. The molecule has 33 heavy (non-hydrogen) atoms. The number of amides is 2. The van der Waals surface area contributed by atoms with Crippen LogP contribution in [0.2, 0.25) is 0 Å². The summed E-state index contributed by atoms with van der Waals surface area (Å²) in [6, 6.07) is -1.13. The van der Waals surface area contributed by atoms with Gasteiger partial charge in [-0.25, -0.2) is 14.5 Å². The molecule has 2 saturated heterocycles. The van der Waals surface area contributed by atoms with E-state index >= 15 is 0 Å². The van der Waals surface area contributed by atoms with Crippen molar-refractivity contribution in [2.45, 2.75) is 61.9 Å². The highest BCUT2D eigenvalue weighted by atomic mass is 16.7. The molecule has 8 N–H and O–H groups in total. The second-order valence-corrected chi connectivity index (χ2v) is 7.73. The lowest BCUT2D eigenvalue weighted by atomic mass is 9.93. The number of aliphatic carboxylic acids is 1. The number of nitrogens with zero attached hydrogens (tertiary/aromatic N) is 3. The summed E-state index contributed by atoms with van der Waals surface area (Å²) in [6.07, 6.45) is -7.56. The Morgan fingerprint density at radius 2 is 1.94 bits per heavy atom. The standard InChI is InChI=1S/C17H25N5O11/c1-6(24)20-10-7(25)2-17(31,16(29)30)33-8(10)3-18-14(28)13-19-5-22(21-13)15-12(27)11(26)9(4-23)32-15/h5,7-12,15,23,25-27,31H,2-4H2,1H3,(H,18,28)(H,20,24)(H,29,30). The van der Waals surface area contributed by atoms with Crippen LogP contribution in [0.3, 0.4) is 0 Å². The lowest BCUT2D eigenvalue weighted by Crippen LogP contribution is -2.65. The molecule has 0 saturated carbocycles. The quantitative estimate of drug-likeness (QED) is 0.184. The van der Waals surface area contributed by atoms with Crippen LogP contribution in [0, 0.1) is 0 Å². The van der Waals surface area contributed by atoms with Crippen LogP contribution in [-0.2, 0) is 19.1 Å². The number of aliphatic hydroxyl groups is 5. The highest BCUT2D eigenvalue weighted by Crippen LogP contribution is 2.29. The number of rotatable bonds is 7. The zero-order valence-corrected chi connectivity index (χ0v) is 17.3. The molecule has 3 heterocycles. The van der Waals surface area contributed by atoms with E-state index in [4.69, 9.17) is 14.6 Å². The summed E-state index contributed by atoms with van der Waals surface area (Å²) >= 11 is 0. The Bertz CT molecular complexity index is 896. The minimum Gasteiger partial charge on any atom is -0.477 e. The van der Waals surface area contributed by atoms with Crippen molar-refractivity contribution < 1.29 is 54.5 Å². The number of hydrogen-bond acceptors (Lipinski definition) is 12. The Morgan fingerprint density at radius 1 is 1.24 bits per heavy atom. The number of nitrogens with one attached hydrogen (secondary N) is 2. The second-order valence-electron chi connectivity index (χ2n) is 7.73. The van der Waals surface area contributed by atoms with Crippen LogP contribution in [0.4, 0.5) is 0 Å². The fourth-order valence-electron chi connectivity index (χ4n) is 3.63. The summed E-state index contributed by atoms with van der Waals surface area (Å²) in [6.45, 7) is 0.162. The summed E-state index contributed by atoms with van der Waals surface area (Å²) in [5.41, 5.74) is 0. The van der Waals surface area contributed by atoms with Gasteiger partial charge < -0.3 is 50.7 Å². The molecule has 3 rings (SSSR count). The maximum atomic E-state index is 12.5. The van der Waals surface area contributed by atoms with Crippen LogP contribution in [0.25, 0.3) is 0 Å². The maximum absolute atomic E-state index is 12.5. The number of carbonyl (C=O) groups excluding carboxylic acids is 2. The van der Waals surface area contributed by atoms with E-state index < -0.39 is 91.8 Å². The van der Waals surface area contributed by atoms with Gasteiger partial charge in [0.15, 0.2) is 6.23 Å². The maximum Gasteiger partial charge on any atom is 0.364 e. The smallest absolute Gasteiger partial charge is 0.364 e. The molecule has 8 unspecified atom stereocenters. The lowest BCUT2D eigenvalue weighted by Gasteiger charge is -2.42. The third-order valence-corrected chi connectivity index (χ3v) is 5.30. The average Bonchev–Trinajstić information content (AvgIpc) is 3.33. The van der Waals surface area contributed by atoms with Gasteiger partial charge in [-0.05, 0) is 0 Å². The number of aliphatic hydroxyl groups excluding tert-OH is 4. The minimum atomic E-state index is -2.73. The molecule has 0 bridgehead atoms. The van der Waals surface area contributed by atoms with Gasteiger partial charge in [0.05, 0.1) is 18.8 Å².